The summed E-state index contributed by atoms with van der Waals surface area (Å²) in [6, 6.07) is 8.66. The van der Waals surface area contributed by atoms with Crippen LogP contribution in [0.3, 0.4) is 0 Å². The van der Waals surface area contributed by atoms with Crippen molar-refractivity contribution in [2.75, 3.05) is 26.8 Å². The average Bonchev–Trinajstić information content (AvgIpc) is 3.50. The zero-order valence-corrected chi connectivity index (χ0v) is 18.5. The second kappa shape index (κ2) is 9.82. The van der Waals surface area contributed by atoms with Gasteiger partial charge in [0.25, 0.3) is 0 Å². The van der Waals surface area contributed by atoms with E-state index in [2.05, 4.69) is 0 Å². The quantitative estimate of drug-likeness (QED) is 0.307. The normalized spacial score (nSPS) is 14.8. The molecule has 2 aliphatic heterocycles. The number of benzene rings is 2. The van der Waals surface area contributed by atoms with Crippen molar-refractivity contribution in [3.8, 4) is 23.0 Å². The van der Waals surface area contributed by atoms with Crippen LogP contribution in [0.1, 0.15) is 34.6 Å². The molecule has 0 unspecified atom stereocenters. The molecule has 10 nitrogen and oxygen atoms in total. The average molecular weight is 470 g/mol. The first-order valence-electron chi connectivity index (χ1n) is 10.7. The van der Waals surface area contributed by atoms with Gasteiger partial charge in [0, 0.05) is 11.1 Å². The van der Waals surface area contributed by atoms with Crippen LogP contribution in [0.2, 0.25) is 0 Å². The fourth-order valence-corrected chi connectivity index (χ4v) is 3.71. The van der Waals surface area contributed by atoms with E-state index in [9.17, 15) is 19.2 Å². The summed E-state index contributed by atoms with van der Waals surface area (Å²) in [7, 11) is 0. The summed E-state index contributed by atoms with van der Waals surface area (Å²) in [5.74, 6) is -5.69. The SMILES string of the molecule is CCOC(=O)[C@H](C(=O)c1ccc2c(c1)OCO2)[C@@H](C(=O)OCC)C(=O)c1ccc2c(c1)OCO2. The summed E-state index contributed by atoms with van der Waals surface area (Å²) in [4.78, 5) is 53.0. The summed E-state index contributed by atoms with van der Waals surface area (Å²) < 4.78 is 31.3. The van der Waals surface area contributed by atoms with E-state index < -0.39 is 35.3 Å². The van der Waals surface area contributed by atoms with Crippen molar-refractivity contribution in [2.45, 2.75) is 13.8 Å². The molecular formula is C24H22O10. The van der Waals surface area contributed by atoms with E-state index >= 15 is 0 Å². The van der Waals surface area contributed by atoms with Gasteiger partial charge < -0.3 is 28.4 Å². The molecule has 2 heterocycles. The number of fused-ring (bicyclic) bond motifs is 2. The minimum absolute atomic E-state index is 0.0116. The highest BCUT2D eigenvalue weighted by Gasteiger charge is 2.46. The Morgan fingerprint density at radius 3 is 1.44 bits per heavy atom. The van der Waals surface area contributed by atoms with Gasteiger partial charge in [-0.3, -0.25) is 19.2 Å². The van der Waals surface area contributed by atoms with Crippen LogP contribution in [0.25, 0.3) is 0 Å². The van der Waals surface area contributed by atoms with Crippen LogP contribution in [0, 0.1) is 11.8 Å². The highest BCUT2D eigenvalue weighted by Crippen LogP contribution is 2.36. The second-order valence-electron chi connectivity index (χ2n) is 7.32. The van der Waals surface area contributed by atoms with Gasteiger partial charge in [-0.25, -0.2) is 0 Å². The highest BCUT2D eigenvalue weighted by atomic mass is 16.7. The molecule has 4 rings (SSSR count). The van der Waals surface area contributed by atoms with Crippen molar-refractivity contribution < 1.29 is 47.6 Å². The van der Waals surface area contributed by atoms with E-state index in [1.807, 2.05) is 0 Å². The van der Waals surface area contributed by atoms with Gasteiger partial charge >= 0.3 is 11.9 Å². The number of esters is 2. The van der Waals surface area contributed by atoms with Gasteiger partial charge in [0.15, 0.2) is 34.6 Å². The van der Waals surface area contributed by atoms with Crippen LogP contribution in [-0.2, 0) is 19.1 Å². The lowest BCUT2D eigenvalue weighted by atomic mass is 9.80. The lowest BCUT2D eigenvalue weighted by Crippen LogP contribution is -2.42. The second-order valence-corrected chi connectivity index (χ2v) is 7.32. The molecule has 0 amide bonds. The highest BCUT2D eigenvalue weighted by molar-refractivity contribution is 6.19. The molecule has 34 heavy (non-hydrogen) atoms. The third-order valence-corrected chi connectivity index (χ3v) is 5.29. The maximum Gasteiger partial charge on any atom is 0.318 e. The molecule has 0 spiro atoms. The van der Waals surface area contributed by atoms with E-state index in [-0.39, 0.29) is 37.9 Å². The maximum atomic E-state index is 13.5. The number of Topliss-reactive ketones (excluding diaryl/α,β-unsaturated/α-hetero) is 2. The fraction of sp³-hybridized carbons (Fsp3) is 0.333. The van der Waals surface area contributed by atoms with Crippen LogP contribution in [0.5, 0.6) is 23.0 Å². The van der Waals surface area contributed by atoms with Crippen molar-refractivity contribution in [1.29, 1.82) is 0 Å². The molecular weight excluding hydrogens is 448 g/mol. The van der Waals surface area contributed by atoms with E-state index in [0.717, 1.165) is 0 Å². The molecule has 2 aromatic carbocycles. The van der Waals surface area contributed by atoms with Gasteiger partial charge in [0.1, 0.15) is 11.8 Å². The molecule has 0 aliphatic carbocycles. The monoisotopic (exact) mass is 470 g/mol. The summed E-state index contributed by atoms with van der Waals surface area (Å²) >= 11 is 0. The Labute approximate surface area is 194 Å². The predicted molar refractivity (Wildman–Crippen MR) is 114 cm³/mol. The minimum Gasteiger partial charge on any atom is -0.465 e. The van der Waals surface area contributed by atoms with Gasteiger partial charge in [-0.2, -0.15) is 0 Å². The number of carbonyl (C=O) groups excluding carboxylic acids is 4. The largest absolute Gasteiger partial charge is 0.465 e. The van der Waals surface area contributed by atoms with Crippen molar-refractivity contribution in [3.63, 3.8) is 0 Å². The lowest BCUT2D eigenvalue weighted by Gasteiger charge is -2.22. The molecule has 2 aromatic rings. The Morgan fingerprint density at radius 2 is 1.06 bits per heavy atom. The zero-order chi connectivity index (χ0) is 24.2. The Bertz CT molecular complexity index is 1050. The maximum absolute atomic E-state index is 13.5. The van der Waals surface area contributed by atoms with Crippen LogP contribution >= 0.6 is 0 Å². The Morgan fingerprint density at radius 1 is 0.676 bits per heavy atom. The summed E-state index contributed by atoms with van der Waals surface area (Å²) in [6.45, 7) is 2.97. The molecule has 0 saturated carbocycles. The number of ether oxygens (including phenoxy) is 6. The molecule has 0 fully saturated rings. The minimum atomic E-state index is -1.78. The fourth-order valence-electron chi connectivity index (χ4n) is 3.71. The Hall–Kier alpha value is -4.08. The number of ketones is 2. The molecule has 0 bridgehead atoms. The van der Waals surface area contributed by atoms with Crippen LogP contribution in [0.15, 0.2) is 36.4 Å². The van der Waals surface area contributed by atoms with Crippen molar-refractivity contribution in [3.05, 3.63) is 47.5 Å². The topological polar surface area (TPSA) is 124 Å². The Balaban J connectivity index is 1.75. The molecule has 178 valence electrons. The molecule has 0 saturated heterocycles. The van der Waals surface area contributed by atoms with E-state index in [1.165, 1.54) is 36.4 Å². The van der Waals surface area contributed by atoms with Crippen LogP contribution in [0.4, 0.5) is 0 Å². The van der Waals surface area contributed by atoms with Crippen LogP contribution in [-0.4, -0.2) is 50.3 Å². The van der Waals surface area contributed by atoms with E-state index in [1.54, 1.807) is 13.8 Å². The summed E-state index contributed by atoms with van der Waals surface area (Å²) in [5, 5.41) is 0. The summed E-state index contributed by atoms with van der Waals surface area (Å²) in [5.41, 5.74) is 0.102. The number of hydrogen-bond acceptors (Lipinski definition) is 10. The van der Waals surface area contributed by atoms with Gasteiger partial charge in [-0.05, 0) is 50.2 Å². The first-order chi connectivity index (χ1) is 16.4. The lowest BCUT2D eigenvalue weighted by molar-refractivity contribution is -0.156. The number of rotatable bonds is 9. The van der Waals surface area contributed by atoms with Crippen LogP contribution < -0.4 is 18.9 Å². The van der Waals surface area contributed by atoms with Crippen molar-refractivity contribution >= 4 is 23.5 Å². The first-order valence-corrected chi connectivity index (χ1v) is 10.7. The molecule has 0 radical (unpaired) electrons. The summed E-state index contributed by atoms with van der Waals surface area (Å²) in [6.07, 6.45) is 0. The third kappa shape index (κ3) is 4.39. The predicted octanol–water partition coefficient (Wildman–Crippen LogP) is 2.57. The number of hydrogen-bond donors (Lipinski definition) is 0. The molecule has 0 N–H and O–H groups in total. The van der Waals surface area contributed by atoms with Gasteiger partial charge in [-0.1, -0.05) is 0 Å². The number of carbonyl (C=O) groups is 4. The molecule has 2 atom stereocenters. The standard InChI is InChI=1S/C24H22O10/c1-3-29-23(27)19(21(25)13-5-7-15-17(9-13)33-11-31-15)20(24(28)30-4-2)22(26)14-6-8-16-18(10-14)34-12-32-16/h5-10,19-20H,3-4,11-12H2,1-2H3/t19-,20+. The first kappa shape index (κ1) is 23.1. The van der Waals surface area contributed by atoms with Gasteiger partial charge in [-0.15, -0.1) is 0 Å². The van der Waals surface area contributed by atoms with Gasteiger partial charge in [0.05, 0.1) is 13.2 Å². The smallest absolute Gasteiger partial charge is 0.318 e. The van der Waals surface area contributed by atoms with E-state index in [0.29, 0.717) is 23.0 Å². The van der Waals surface area contributed by atoms with Gasteiger partial charge in [0.2, 0.25) is 13.6 Å². The zero-order valence-electron chi connectivity index (χ0n) is 18.5. The molecule has 0 aromatic heterocycles. The van der Waals surface area contributed by atoms with Crippen molar-refractivity contribution in [2.24, 2.45) is 11.8 Å². The molecule has 10 heteroatoms. The third-order valence-electron chi connectivity index (χ3n) is 5.29. The Kier molecular flexibility index (Phi) is 6.67. The van der Waals surface area contributed by atoms with E-state index in [4.69, 9.17) is 28.4 Å². The van der Waals surface area contributed by atoms with Crippen molar-refractivity contribution in [1.82, 2.24) is 0 Å². The molecule has 2 aliphatic rings.